The molecule has 0 aliphatic heterocycles. The maximum atomic E-state index is 13.7. The van der Waals surface area contributed by atoms with Crippen LogP contribution < -0.4 is 0 Å². The molecule has 0 aliphatic carbocycles. The molecule has 2 N–H and O–H groups in total. The number of hydrogen-bond donors (Lipinski definition) is 2. The molecule has 0 amide bonds. The Morgan fingerprint density at radius 3 is 2.82 bits per heavy atom. The third-order valence-corrected chi connectivity index (χ3v) is 2.71. The highest BCUT2D eigenvalue weighted by Crippen LogP contribution is 2.27. The number of phenolic OH excluding ortho intramolecular Hbond substituents is 1. The van der Waals surface area contributed by atoms with Gasteiger partial charge in [-0.3, -0.25) is 5.10 Å². The van der Waals surface area contributed by atoms with Gasteiger partial charge in [-0.15, -0.1) is 0 Å². The minimum absolute atomic E-state index is 0.0751. The number of nitrogens with one attached hydrogen (secondary N) is 1. The van der Waals surface area contributed by atoms with Gasteiger partial charge in [-0.25, -0.2) is 4.39 Å². The van der Waals surface area contributed by atoms with E-state index in [2.05, 4.69) is 10.2 Å². The lowest BCUT2D eigenvalue weighted by atomic mass is 10.0. The Morgan fingerprint density at radius 1 is 1.12 bits per heavy atom. The fourth-order valence-corrected chi connectivity index (χ4v) is 1.84. The molecule has 0 atom stereocenters. The molecule has 0 bridgehead atoms. The quantitative estimate of drug-likeness (QED) is 0.672. The van der Waals surface area contributed by atoms with Crippen molar-refractivity contribution in [2.24, 2.45) is 0 Å². The van der Waals surface area contributed by atoms with Crippen molar-refractivity contribution in [2.75, 3.05) is 0 Å². The minimum atomic E-state index is -0.441. The fraction of sp³-hybridized carbons (Fsp3) is 0. The van der Waals surface area contributed by atoms with Gasteiger partial charge in [-0.1, -0.05) is 12.1 Å². The van der Waals surface area contributed by atoms with E-state index in [1.54, 1.807) is 12.3 Å². The molecule has 1 aromatic heterocycles. The van der Waals surface area contributed by atoms with Crippen LogP contribution in [0.1, 0.15) is 0 Å². The van der Waals surface area contributed by atoms with Crippen LogP contribution in [0.5, 0.6) is 5.75 Å². The number of aromatic nitrogens is 2. The second-order valence-corrected chi connectivity index (χ2v) is 3.84. The Balaban J connectivity index is 2.19. The summed E-state index contributed by atoms with van der Waals surface area (Å²) in [5.74, 6) is -0.516. The summed E-state index contributed by atoms with van der Waals surface area (Å²) in [4.78, 5) is 0. The van der Waals surface area contributed by atoms with Gasteiger partial charge in [0.2, 0.25) is 0 Å². The Bertz CT molecular complexity index is 691. The molecule has 84 valence electrons. The number of fused-ring (bicyclic) bond motifs is 1. The Morgan fingerprint density at radius 2 is 2.00 bits per heavy atom. The van der Waals surface area contributed by atoms with Gasteiger partial charge in [0.25, 0.3) is 0 Å². The topological polar surface area (TPSA) is 48.9 Å². The zero-order valence-electron chi connectivity index (χ0n) is 8.81. The molecule has 0 spiro atoms. The second kappa shape index (κ2) is 3.59. The number of rotatable bonds is 1. The first-order chi connectivity index (χ1) is 8.24. The average Bonchev–Trinajstić information content (AvgIpc) is 2.75. The number of aromatic amines is 1. The van der Waals surface area contributed by atoms with Crippen molar-refractivity contribution in [1.29, 1.82) is 0 Å². The Hall–Kier alpha value is -2.36. The average molecular weight is 228 g/mol. The van der Waals surface area contributed by atoms with Crippen LogP contribution >= 0.6 is 0 Å². The number of benzene rings is 2. The summed E-state index contributed by atoms with van der Waals surface area (Å²) in [6.45, 7) is 0. The highest BCUT2D eigenvalue weighted by atomic mass is 19.1. The fourth-order valence-electron chi connectivity index (χ4n) is 1.84. The first kappa shape index (κ1) is 9.84. The molecule has 3 aromatic rings. The molecular weight excluding hydrogens is 219 g/mol. The van der Waals surface area contributed by atoms with Crippen molar-refractivity contribution in [3.05, 3.63) is 48.4 Å². The van der Waals surface area contributed by atoms with Crippen LogP contribution in [-0.2, 0) is 0 Å². The van der Waals surface area contributed by atoms with Gasteiger partial charge in [0.05, 0.1) is 11.7 Å². The van der Waals surface area contributed by atoms with Crippen molar-refractivity contribution in [1.82, 2.24) is 10.2 Å². The van der Waals surface area contributed by atoms with Gasteiger partial charge in [0.15, 0.2) is 0 Å². The molecule has 0 aliphatic rings. The monoisotopic (exact) mass is 228 g/mol. The van der Waals surface area contributed by atoms with Crippen molar-refractivity contribution < 1.29 is 9.50 Å². The molecule has 3 nitrogen and oxygen atoms in total. The SMILES string of the molecule is Oc1ccc(-c2ccc3cn[nH]c3c2)c(F)c1. The second-order valence-electron chi connectivity index (χ2n) is 3.84. The van der Waals surface area contributed by atoms with E-state index in [-0.39, 0.29) is 5.75 Å². The molecule has 4 heteroatoms. The van der Waals surface area contributed by atoms with Gasteiger partial charge < -0.3 is 5.11 Å². The van der Waals surface area contributed by atoms with Crippen molar-refractivity contribution in [3.8, 4) is 16.9 Å². The van der Waals surface area contributed by atoms with E-state index < -0.39 is 5.82 Å². The van der Waals surface area contributed by atoms with E-state index in [0.29, 0.717) is 5.56 Å². The summed E-state index contributed by atoms with van der Waals surface area (Å²) in [5, 5.41) is 16.9. The highest BCUT2D eigenvalue weighted by Gasteiger charge is 2.07. The number of halogens is 1. The molecule has 0 saturated heterocycles. The van der Waals surface area contributed by atoms with Gasteiger partial charge in [0, 0.05) is 17.0 Å². The van der Waals surface area contributed by atoms with Crippen LogP contribution in [0.2, 0.25) is 0 Å². The molecule has 2 aromatic carbocycles. The van der Waals surface area contributed by atoms with E-state index in [4.69, 9.17) is 5.11 Å². The van der Waals surface area contributed by atoms with Crippen LogP contribution in [-0.4, -0.2) is 15.3 Å². The van der Waals surface area contributed by atoms with E-state index in [1.165, 1.54) is 6.07 Å². The highest BCUT2D eigenvalue weighted by molar-refractivity contribution is 5.83. The maximum absolute atomic E-state index is 13.7. The maximum Gasteiger partial charge on any atom is 0.134 e. The number of phenols is 1. The van der Waals surface area contributed by atoms with Crippen molar-refractivity contribution >= 4 is 10.9 Å². The number of hydrogen-bond acceptors (Lipinski definition) is 2. The van der Waals surface area contributed by atoms with Gasteiger partial charge in [-0.05, 0) is 23.8 Å². The summed E-state index contributed by atoms with van der Waals surface area (Å²) in [6, 6.07) is 9.66. The summed E-state index contributed by atoms with van der Waals surface area (Å²) in [5.41, 5.74) is 2.06. The summed E-state index contributed by atoms with van der Waals surface area (Å²) in [7, 11) is 0. The third kappa shape index (κ3) is 1.63. The van der Waals surface area contributed by atoms with Gasteiger partial charge in [0.1, 0.15) is 11.6 Å². The van der Waals surface area contributed by atoms with Crippen molar-refractivity contribution in [2.45, 2.75) is 0 Å². The molecule has 0 unspecified atom stereocenters. The largest absolute Gasteiger partial charge is 0.508 e. The predicted octanol–water partition coefficient (Wildman–Crippen LogP) is 3.07. The lowest BCUT2D eigenvalue weighted by Crippen LogP contribution is -1.84. The molecule has 0 fully saturated rings. The number of nitrogens with zero attached hydrogens (tertiary/aromatic N) is 1. The van der Waals surface area contributed by atoms with E-state index in [9.17, 15) is 4.39 Å². The van der Waals surface area contributed by atoms with E-state index in [0.717, 1.165) is 22.5 Å². The number of H-pyrrole nitrogens is 1. The van der Waals surface area contributed by atoms with E-state index in [1.807, 2.05) is 18.2 Å². The zero-order chi connectivity index (χ0) is 11.8. The molecular formula is C13H9FN2O. The Kier molecular flexibility index (Phi) is 2.08. The first-order valence-corrected chi connectivity index (χ1v) is 5.16. The van der Waals surface area contributed by atoms with Gasteiger partial charge in [-0.2, -0.15) is 5.10 Å². The summed E-state index contributed by atoms with van der Waals surface area (Å²) in [6.07, 6.45) is 1.71. The van der Waals surface area contributed by atoms with Crippen LogP contribution in [0.4, 0.5) is 4.39 Å². The van der Waals surface area contributed by atoms with Crippen LogP contribution in [0.15, 0.2) is 42.6 Å². The summed E-state index contributed by atoms with van der Waals surface area (Å²) >= 11 is 0. The van der Waals surface area contributed by atoms with Crippen LogP contribution in [0.25, 0.3) is 22.0 Å². The third-order valence-electron chi connectivity index (χ3n) is 2.71. The predicted molar refractivity (Wildman–Crippen MR) is 63.2 cm³/mol. The zero-order valence-corrected chi connectivity index (χ0v) is 8.81. The van der Waals surface area contributed by atoms with Crippen molar-refractivity contribution in [3.63, 3.8) is 0 Å². The minimum Gasteiger partial charge on any atom is -0.508 e. The normalized spacial score (nSPS) is 10.9. The Labute approximate surface area is 96.5 Å². The summed E-state index contributed by atoms with van der Waals surface area (Å²) < 4.78 is 13.7. The number of aromatic hydroxyl groups is 1. The van der Waals surface area contributed by atoms with Gasteiger partial charge >= 0.3 is 0 Å². The molecule has 17 heavy (non-hydrogen) atoms. The van der Waals surface area contributed by atoms with Crippen LogP contribution in [0.3, 0.4) is 0 Å². The van der Waals surface area contributed by atoms with Crippen LogP contribution in [0, 0.1) is 5.82 Å². The standard InChI is InChI=1S/C13H9FN2O/c14-12-6-10(17)3-4-11(12)8-1-2-9-7-15-16-13(9)5-8/h1-7,17H,(H,15,16). The molecule has 0 radical (unpaired) electrons. The first-order valence-electron chi connectivity index (χ1n) is 5.16. The van der Waals surface area contributed by atoms with E-state index >= 15 is 0 Å². The lowest BCUT2D eigenvalue weighted by molar-refractivity contribution is 0.469. The molecule has 0 saturated carbocycles. The molecule has 1 heterocycles. The lowest BCUT2D eigenvalue weighted by Gasteiger charge is -2.04. The molecule has 3 rings (SSSR count). The smallest absolute Gasteiger partial charge is 0.134 e.